The van der Waals surface area contributed by atoms with Crippen molar-refractivity contribution in [1.82, 2.24) is 0 Å². The van der Waals surface area contributed by atoms with Gasteiger partial charge in [-0.05, 0) is 18.8 Å². The Morgan fingerprint density at radius 1 is 1.18 bits per heavy atom. The maximum atomic E-state index is 10.9. The van der Waals surface area contributed by atoms with E-state index in [0.717, 1.165) is 0 Å². The second kappa shape index (κ2) is 6.81. The molecule has 0 aliphatic heterocycles. The van der Waals surface area contributed by atoms with Crippen molar-refractivity contribution in [3.05, 3.63) is 0 Å². The molecule has 0 spiro atoms. The molecule has 7 nitrogen and oxygen atoms in total. The van der Waals surface area contributed by atoms with E-state index in [4.69, 9.17) is 9.79 Å². The molecule has 0 bridgehead atoms. The Labute approximate surface area is 143 Å². The van der Waals surface area contributed by atoms with Crippen LogP contribution in [-0.2, 0) is 9.13 Å². The largest absolute Gasteiger partial charge is 1.00 e. The maximum absolute atomic E-state index is 10.9. The first-order valence-electron chi connectivity index (χ1n) is 4.32. The molecule has 1 rings (SSSR count). The van der Waals surface area contributed by atoms with Crippen molar-refractivity contribution in [1.29, 1.82) is 0 Å². The standard InChI is InChI=1S/C6H14O7P2.2Na/c1-4(5-2-3-5)6(7,14(8,9)10)15(11,12)13;;/h4-5,7H,2-3H2,1H3,(H2,8,9,10)(H2,11,12,13);;/q;2*+1/p-2. The van der Waals surface area contributed by atoms with E-state index in [1.165, 1.54) is 6.92 Å². The fraction of sp³-hybridized carbons (Fsp3) is 1.00. The molecule has 1 fully saturated rings. The van der Waals surface area contributed by atoms with Gasteiger partial charge < -0.3 is 33.8 Å². The molecule has 17 heavy (non-hydrogen) atoms. The van der Waals surface area contributed by atoms with E-state index in [9.17, 15) is 24.0 Å². The molecule has 0 radical (unpaired) electrons. The SMILES string of the molecule is CC(C1CC1)C(O)(P(=O)([O-])O)P(=O)([O-])O.[Na+].[Na+]. The Hall–Kier alpha value is 2.26. The van der Waals surface area contributed by atoms with E-state index in [2.05, 4.69) is 0 Å². The van der Waals surface area contributed by atoms with Gasteiger partial charge in [0.15, 0.2) is 20.3 Å². The van der Waals surface area contributed by atoms with Crippen LogP contribution in [0.2, 0.25) is 0 Å². The van der Waals surface area contributed by atoms with E-state index in [-0.39, 0.29) is 65.0 Å². The van der Waals surface area contributed by atoms with E-state index in [0.29, 0.717) is 12.8 Å². The Bertz CT molecular complexity index is 324. The van der Waals surface area contributed by atoms with E-state index in [1.807, 2.05) is 0 Å². The molecule has 3 unspecified atom stereocenters. The Morgan fingerprint density at radius 3 is 1.65 bits per heavy atom. The maximum Gasteiger partial charge on any atom is 1.00 e. The monoisotopic (exact) mass is 304 g/mol. The molecule has 3 atom stereocenters. The fourth-order valence-electron chi connectivity index (χ4n) is 1.59. The molecular weight excluding hydrogens is 292 g/mol. The minimum Gasteiger partial charge on any atom is -0.776 e. The summed E-state index contributed by atoms with van der Waals surface area (Å²) in [6.45, 7) is 1.17. The van der Waals surface area contributed by atoms with Crippen LogP contribution in [-0.4, -0.2) is 20.0 Å². The van der Waals surface area contributed by atoms with Gasteiger partial charge in [0, 0.05) is 5.92 Å². The molecule has 1 saturated carbocycles. The predicted octanol–water partition coefficient (Wildman–Crippen LogP) is -7.22. The summed E-state index contributed by atoms with van der Waals surface area (Å²) in [5.74, 6) is -1.57. The van der Waals surface area contributed by atoms with E-state index < -0.39 is 26.2 Å². The van der Waals surface area contributed by atoms with Crippen molar-refractivity contribution in [3.63, 3.8) is 0 Å². The minimum atomic E-state index is -5.60. The van der Waals surface area contributed by atoms with Crippen LogP contribution < -0.4 is 68.9 Å². The Kier molecular flexibility index (Phi) is 8.64. The molecule has 0 amide bonds. The third-order valence-electron chi connectivity index (χ3n) is 2.77. The van der Waals surface area contributed by atoms with Gasteiger partial charge in [0.05, 0.1) is 0 Å². The van der Waals surface area contributed by atoms with Gasteiger partial charge in [-0.25, -0.2) is 0 Å². The smallest absolute Gasteiger partial charge is 0.776 e. The summed E-state index contributed by atoms with van der Waals surface area (Å²) >= 11 is 0. The molecule has 0 saturated heterocycles. The molecule has 11 heteroatoms. The van der Waals surface area contributed by atoms with Crippen LogP contribution in [0.1, 0.15) is 19.8 Å². The summed E-state index contributed by atoms with van der Waals surface area (Å²) in [7, 11) is -11.2. The van der Waals surface area contributed by atoms with Gasteiger partial charge in [0.2, 0.25) is 0 Å². The average molecular weight is 304 g/mol. The average Bonchev–Trinajstić information content (AvgIpc) is 2.79. The van der Waals surface area contributed by atoms with Gasteiger partial charge in [-0.2, -0.15) is 0 Å². The summed E-state index contributed by atoms with van der Waals surface area (Å²) in [5.41, 5.74) is 0. The van der Waals surface area contributed by atoms with Gasteiger partial charge in [-0.15, -0.1) is 0 Å². The molecule has 0 heterocycles. The fourth-order valence-corrected chi connectivity index (χ4v) is 4.32. The molecule has 0 aromatic rings. The Balaban J connectivity index is 0. The van der Waals surface area contributed by atoms with Crippen molar-refractivity contribution in [2.75, 3.05) is 0 Å². The topological polar surface area (TPSA) is 141 Å². The number of hydrogen-bond donors (Lipinski definition) is 3. The first-order valence-corrected chi connectivity index (χ1v) is 7.47. The van der Waals surface area contributed by atoms with E-state index in [1.54, 1.807) is 0 Å². The molecule has 0 aromatic carbocycles. The predicted molar refractivity (Wildman–Crippen MR) is 46.5 cm³/mol. The van der Waals surface area contributed by atoms with Crippen molar-refractivity contribution in [2.45, 2.75) is 24.8 Å². The van der Waals surface area contributed by atoms with Crippen molar-refractivity contribution in [3.8, 4) is 0 Å². The molecule has 1 aliphatic rings. The first-order chi connectivity index (χ1) is 6.52. The number of aliphatic hydroxyl groups is 1. The van der Waals surface area contributed by atoms with Crippen molar-refractivity contribution >= 4 is 15.2 Å². The van der Waals surface area contributed by atoms with Crippen molar-refractivity contribution in [2.24, 2.45) is 11.8 Å². The van der Waals surface area contributed by atoms with Gasteiger partial charge >= 0.3 is 59.1 Å². The van der Waals surface area contributed by atoms with Crippen LogP contribution in [0, 0.1) is 11.8 Å². The second-order valence-electron chi connectivity index (χ2n) is 3.85. The summed E-state index contributed by atoms with van der Waals surface area (Å²) in [6, 6.07) is 0. The third kappa shape index (κ3) is 4.36. The molecular formula is C6H12Na2O7P2. The van der Waals surface area contributed by atoms with Crippen LogP contribution in [0.5, 0.6) is 0 Å². The number of rotatable bonds is 4. The van der Waals surface area contributed by atoms with Gasteiger partial charge in [-0.3, -0.25) is 0 Å². The van der Waals surface area contributed by atoms with Gasteiger partial charge in [0.1, 0.15) is 0 Å². The first kappa shape index (κ1) is 21.6. The van der Waals surface area contributed by atoms with Crippen LogP contribution >= 0.6 is 15.2 Å². The van der Waals surface area contributed by atoms with Crippen LogP contribution in [0.15, 0.2) is 0 Å². The summed E-state index contributed by atoms with van der Waals surface area (Å²) in [4.78, 5) is 39.2. The van der Waals surface area contributed by atoms with Crippen LogP contribution in [0.25, 0.3) is 0 Å². The van der Waals surface area contributed by atoms with Gasteiger partial charge in [0.25, 0.3) is 0 Å². The summed E-state index contributed by atoms with van der Waals surface area (Å²) < 4.78 is 21.7. The number of hydrogen-bond acceptors (Lipinski definition) is 5. The third-order valence-corrected chi connectivity index (χ3v) is 6.77. The Morgan fingerprint density at radius 2 is 1.47 bits per heavy atom. The summed E-state index contributed by atoms with van der Waals surface area (Å²) in [6.07, 6.45) is 1.12. The molecule has 1 aliphatic carbocycles. The molecule has 90 valence electrons. The van der Waals surface area contributed by atoms with Gasteiger partial charge in [-0.1, -0.05) is 6.92 Å². The summed E-state index contributed by atoms with van der Waals surface area (Å²) in [5, 5.41) is 6.04. The normalized spacial score (nSPS) is 27.4. The zero-order chi connectivity index (χ0) is 12.1. The zero-order valence-electron chi connectivity index (χ0n) is 9.94. The molecule has 0 aromatic heterocycles. The van der Waals surface area contributed by atoms with Crippen LogP contribution in [0.4, 0.5) is 0 Å². The van der Waals surface area contributed by atoms with E-state index >= 15 is 0 Å². The quantitative estimate of drug-likeness (QED) is 0.346. The minimum absolute atomic E-state index is 0. The molecule has 3 N–H and O–H groups in total. The van der Waals surface area contributed by atoms with Crippen molar-refractivity contribution < 1.29 is 92.9 Å². The zero-order valence-corrected chi connectivity index (χ0v) is 15.7. The second-order valence-corrected chi connectivity index (χ2v) is 7.65. The van der Waals surface area contributed by atoms with Crippen LogP contribution in [0.3, 0.4) is 0 Å².